The van der Waals surface area contributed by atoms with Gasteiger partial charge in [-0.1, -0.05) is 38.3 Å². The highest BCUT2D eigenvalue weighted by Gasteiger charge is 2.39. The summed E-state index contributed by atoms with van der Waals surface area (Å²) >= 11 is 1.53. The Hall–Kier alpha value is -2.31. The van der Waals surface area contributed by atoms with Gasteiger partial charge in [-0.3, -0.25) is 9.59 Å². The molecule has 0 aliphatic carbocycles. The molecule has 1 N–H and O–H groups in total. The molecule has 1 amide bonds. The van der Waals surface area contributed by atoms with Crippen molar-refractivity contribution in [2.75, 3.05) is 4.90 Å². The smallest absolute Gasteiger partial charge is 0.376 e. The molecule has 0 fully saturated rings. The molecular formula is C24H30NO4S+. The Morgan fingerprint density at radius 2 is 1.93 bits per heavy atom. The zero-order chi connectivity index (χ0) is 21.5. The second kappa shape index (κ2) is 10.6. The van der Waals surface area contributed by atoms with Gasteiger partial charge in [0.15, 0.2) is 5.78 Å². The predicted molar refractivity (Wildman–Crippen MR) is 120 cm³/mol. The first-order valence-electron chi connectivity index (χ1n) is 10.7. The molecule has 2 atom stereocenters. The van der Waals surface area contributed by atoms with Crippen molar-refractivity contribution in [2.45, 2.75) is 71.1 Å². The van der Waals surface area contributed by atoms with Gasteiger partial charge < -0.3 is 5.11 Å². The maximum absolute atomic E-state index is 12.4. The van der Waals surface area contributed by atoms with Crippen LogP contribution in [0.2, 0.25) is 0 Å². The number of aliphatic hydroxyl groups excluding tert-OH is 1. The van der Waals surface area contributed by atoms with Crippen molar-refractivity contribution in [3.63, 3.8) is 0 Å². The molecular weight excluding hydrogens is 398 g/mol. The van der Waals surface area contributed by atoms with Crippen LogP contribution in [0.25, 0.3) is 0 Å². The van der Waals surface area contributed by atoms with E-state index in [0.717, 1.165) is 54.7 Å². The van der Waals surface area contributed by atoms with E-state index in [1.165, 1.54) is 22.5 Å². The minimum Gasteiger partial charge on any atom is -0.388 e. The number of Topliss-reactive ketones (excluding diaryl/α,β-unsaturated/α-hetero) is 1. The van der Waals surface area contributed by atoms with Gasteiger partial charge in [-0.2, -0.15) is 0 Å². The lowest BCUT2D eigenvalue weighted by Crippen LogP contribution is -2.35. The molecule has 6 heteroatoms. The van der Waals surface area contributed by atoms with E-state index >= 15 is 0 Å². The van der Waals surface area contributed by atoms with Crippen LogP contribution in [0.4, 0.5) is 5.69 Å². The van der Waals surface area contributed by atoms with E-state index in [-0.39, 0.29) is 17.9 Å². The quantitative estimate of drug-likeness (QED) is 0.180. The van der Waals surface area contributed by atoms with Crippen LogP contribution >= 0.6 is 11.3 Å². The second-order valence-corrected chi connectivity index (χ2v) is 8.90. The molecule has 2 aromatic rings. The first-order valence-corrected chi connectivity index (χ1v) is 11.5. The SMILES string of the molecule is CCCCC[C@H](O)c1ccc(N2C(=O)C=[O+]C2CCCc2ccc(C(C)=O)s2)cc1. The average Bonchev–Trinajstić information content (AvgIpc) is 3.35. The van der Waals surface area contributed by atoms with Crippen molar-refractivity contribution in [3.05, 3.63) is 51.7 Å². The minimum absolute atomic E-state index is 0.0932. The van der Waals surface area contributed by atoms with E-state index in [4.69, 9.17) is 4.42 Å². The van der Waals surface area contributed by atoms with Crippen molar-refractivity contribution < 1.29 is 19.1 Å². The summed E-state index contributed by atoms with van der Waals surface area (Å²) in [6, 6.07) is 11.4. The molecule has 0 bridgehead atoms. The normalized spacial score (nSPS) is 17.0. The Kier molecular flexibility index (Phi) is 7.94. The number of carbonyl (C=O) groups excluding carboxylic acids is 3. The third kappa shape index (κ3) is 5.64. The number of aliphatic hydroxyl groups is 1. The van der Waals surface area contributed by atoms with Gasteiger partial charge in [0.1, 0.15) is 0 Å². The lowest BCUT2D eigenvalue weighted by molar-refractivity contribution is -0.489. The number of benzene rings is 1. The van der Waals surface area contributed by atoms with Gasteiger partial charge in [-0.25, -0.2) is 9.32 Å². The molecule has 3 rings (SSSR count). The fourth-order valence-electron chi connectivity index (χ4n) is 3.65. The zero-order valence-electron chi connectivity index (χ0n) is 17.7. The molecule has 1 aliphatic rings. The van der Waals surface area contributed by atoms with Crippen molar-refractivity contribution in [3.8, 4) is 0 Å². The molecule has 2 heterocycles. The maximum atomic E-state index is 12.4. The molecule has 0 spiro atoms. The molecule has 1 aliphatic heterocycles. The number of hydrogen-bond acceptors (Lipinski definition) is 4. The van der Waals surface area contributed by atoms with Gasteiger partial charge >= 0.3 is 18.4 Å². The predicted octanol–water partition coefficient (Wildman–Crippen LogP) is 4.99. The first kappa shape index (κ1) is 22.4. The molecule has 1 unspecified atom stereocenters. The Balaban J connectivity index is 1.57. The number of amides is 1. The highest BCUT2D eigenvalue weighted by atomic mass is 32.1. The Morgan fingerprint density at radius 3 is 2.60 bits per heavy atom. The lowest BCUT2D eigenvalue weighted by Gasteiger charge is -2.17. The highest BCUT2D eigenvalue weighted by Crippen LogP contribution is 2.27. The molecule has 5 nitrogen and oxygen atoms in total. The Morgan fingerprint density at radius 1 is 1.17 bits per heavy atom. The molecule has 1 aromatic heterocycles. The van der Waals surface area contributed by atoms with Crippen LogP contribution in [0.1, 0.15) is 78.6 Å². The number of thiophene rings is 1. The summed E-state index contributed by atoms with van der Waals surface area (Å²) in [4.78, 5) is 27.4. The average molecular weight is 429 g/mol. The monoisotopic (exact) mass is 428 g/mol. The maximum Gasteiger partial charge on any atom is 0.376 e. The number of unbranched alkanes of at least 4 members (excludes halogenated alkanes) is 2. The summed E-state index contributed by atoms with van der Waals surface area (Å²) in [5.41, 5.74) is 1.65. The largest absolute Gasteiger partial charge is 0.388 e. The topological polar surface area (TPSA) is 68.9 Å². The van der Waals surface area contributed by atoms with Crippen molar-refractivity contribution in [2.24, 2.45) is 0 Å². The van der Waals surface area contributed by atoms with Crippen LogP contribution < -0.4 is 4.90 Å². The van der Waals surface area contributed by atoms with E-state index in [9.17, 15) is 14.7 Å². The Bertz CT molecular complexity index is 887. The zero-order valence-corrected chi connectivity index (χ0v) is 18.5. The molecule has 1 aromatic carbocycles. The van der Waals surface area contributed by atoms with Crippen LogP contribution in [0.3, 0.4) is 0 Å². The number of aldehydes is 1. The van der Waals surface area contributed by atoms with Crippen LogP contribution in [0.5, 0.6) is 0 Å². The van der Waals surface area contributed by atoms with Crippen LogP contribution in [-0.2, 0) is 15.6 Å². The minimum atomic E-state index is -0.468. The number of ketones is 1. The fraction of sp³-hybridized carbons (Fsp3) is 0.458. The first-order chi connectivity index (χ1) is 14.5. The van der Waals surface area contributed by atoms with E-state index in [1.807, 2.05) is 36.4 Å². The van der Waals surface area contributed by atoms with Gasteiger partial charge in [-0.05, 0) is 56.0 Å². The molecule has 0 saturated heterocycles. The highest BCUT2D eigenvalue weighted by molar-refractivity contribution is 7.14. The number of rotatable bonds is 11. The van der Waals surface area contributed by atoms with E-state index in [2.05, 4.69) is 6.92 Å². The number of nitrogens with zero attached hydrogens (tertiary/aromatic N) is 1. The number of aryl methyl sites for hydroxylation is 1. The number of carbonyl (C=O) groups is 2. The molecule has 160 valence electrons. The number of hydrogen-bond donors (Lipinski definition) is 1. The van der Waals surface area contributed by atoms with Gasteiger partial charge in [0.05, 0.1) is 23.1 Å². The fourth-order valence-corrected chi connectivity index (χ4v) is 4.60. The van der Waals surface area contributed by atoms with Crippen LogP contribution in [-0.4, -0.2) is 29.3 Å². The summed E-state index contributed by atoms with van der Waals surface area (Å²) in [7, 11) is 0. The lowest BCUT2D eigenvalue weighted by atomic mass is 10.0. The standard InChI is InChI=1S/C24H30NO4S/c1-3-4-5-8-21(27)18-10-12-19(13-11-18)25-23(28)16-29-24(25)9-6-7-20-14-15-22(30-20)17(2)26/h10-16,21,24,27H,3-9H2,1-2H3/q+1/t21-,24?/m0/s1. The van der Waals surface area contributed by atoms with E-state index in [0.29, 0.717) is 6.42 Å². The second-order valence-electron chi connectivity index (χ2n) is 7.73. The van der Waals surface area contributed by atoms with Crippen molar-refractivity contribution in [1.82, 2.24) is 0 Å². The summed E-state index contributed by atoms with van der Waals surface area (Å²) < 4.78 is 5.61. The molecule has 0 radical (unpaired) electrons. The van der Waals surface area contributed by atoms with Crippen LogP contribution in [0, 0.1) is 0 Å². The van der Waals surface area contributed by atoms with Gasteiger partial charge in [0.2, 0.25) is 0 Å². The molecule has 0 saturated carbocycles. The third-order valence-electron chi connectivity index (χ3n) is 5.37. The third-order valence-corrected chi connectivity index (χ3v) is 6.62. The van der Waals surface area contributed by atoms with Crippen molar-refractivity contribution >= 4 is 35.0 Å². The van der Waals surface area contributed by atoms with E-state index < -0.39 is 6.10 Å². The summed E-state index contributed by atoms with van der Waals surface area (Å²) in [5.74, 6) is -0.0677. The summed E-state index contributed by atoms with van der Waals surface area (Å²) in [5, 5.41) is 10.3. The van der Waals surface area contributed by atoms with Gasteiger partial charge in [0.25, 0.3) is 0 Å². The Labute approximate surface area is 182 Å². The number of anilines is 1. The van der Waals surface area contributed by atoms with Crippen LogP contribution in [0.15, 0.2) is 36.4 Å². The van der Waals surface area contributed by atoms with Gasteiger partial charge in [-0.15, -0.1) is 11.3 Å². The van der Waals surface area contributed by atoms with E-state index in [1.54, 1.807) is 11.8 Å². The summed E-state index contributed by atoms with van der Waals surface area (Å²) in [6.45, 7) is 3.73. The summed E-state index contributed by atoms with van der Waals surface area (Å²) in [6.07, 6.45) is 6.90. The molecule has 30 heavy (non-hydrogen) atoms. The van der Waals surface area contributed by atoms with Crippen molar-refractivity contribution in [1.29, 1.82) is 0 Å². The van der Waals surface area contributed by atoms with Gasteiger partial charge in [0, 0.05) is 4.88 Å².